The van der Waals surface area contributed by atoms with Gasteiger partial charge in [-0.05, 0) is 41.0 Å². The highest BCUT2D eigenvalue weighted by atomic mass is 16.3. The normalized spacial score (nSPS) is 20.0. The van der Waals surface area contributed by atoms with Gasteiger partial charge in [0.2, 0.25) is 0 Å². The number of nitrogen functional groups attached to an aromatic ring is 1. The zero-order valence-corrected chi connectivity index (χ0v) is 19.2. The van der Waals surface area contributed by atoms with Crippen LogP contribution in [0.25, 0.3) is 5.57 Å². The monoisotopic (exact) mass is 459 g/mol. The smallest absolute Gasteiger partial charge is 0.399 e. The van der Waals surface area contributed by atoms with Crippen LogP contribution in [0.2, 0.25) is 0 Å². The van der Waals surface area contributed by atoms with E-state index in [1.165, 1.54) is 17.0 Å². The van der Waals surface area contributed by atoms with Crippen molar-refractivity contribution in [2.75, 3.05) is 18.9 Å². The minimum atomic E-state index is -0.0566. The second-order valence-corrected chi connectivity index (χ2v) is 9.17. The highest BCUT2D eigenvalue weighted by Crippen LogP contribution is 2.39. The van der Waals surface area contributed by atoms with E-state index in [1.807, 2.05) is 23.0 Å². The van der Waals surface area contributed by atoms with E-state index < -0.39 is 0 Å². The van der Waals surface area contributed by atoms with Gasteiger partial charge in [-0.25, -0.2) is 9.29 Å². The Bertz CT molecular complexity index is 1540. The average Bonchev–Trinajstić information content (AvgIpc) is 3.47. The predicted molar refractivity (Wildman–Crippen MR) is 135 cm³/mol. The van der Waals surface area contributed by atoms with Crippen LogP contribution < -0.4 is 5.73 Å². The molecule has 7 nitrogen and oxygen atoms in total. The number of aliphatic hydroxyl groups excluding tert-OH is 1. The molecule has 3 N–H and O–H groups in total. The first-order valence-electron chi connectivity index (χ1n) is 11.8. The number of hydrogen-bond acceptors (Lipinski definition) is 3. The molecule has 0 saturated heterocycles. The number of allylic oxidation sites excluding steroid dienone is 1. The lowest BCUT2D eigenvalue weighted by Crippen LogP contribution is -2.43. The number of benzene rings is 2. The molecule has 35 heavy (non-hydrogen) atoms. The zero-order chi connectivity index (χ0) is 23.5. The number of aliphatic hydroxyl groups is 1. The standard InChI is InChI=1S/C27H23BN6O/c29-21-7-5-19(6-8-21)27-23-9-11-25(31-14-13-18-3-1-2-4-20(18)15-31)33(23)28-34-24(27)10-12-26(34)32-16-22(17-35)30-32/h1-12,16,29,35H,13-15,17H2/q+1/p+1. The zero-order valence-electron chi connectivity index (χ0n) is 19.2. The summed E-state index contributed by atoms with van der Waals surface area (Å²) in [5.74, 6) is 2.10. The summed E-state index contributed by atoms with van der Waals surface area (Å²) in [6, 6.07) is 21.0. The Morgan fingerprint density at radius 1 is 1.00 bits per heavy atom. The largest absolute Gasteiger partial charge is 0.701 e. The third-order valence-corrected chi connectivity index (χ3v) is 7.09. The SMILES string of the molecule is Nc1ccc(C2=C3C=CC(=[N+]4CCc5ccccc5C4)N3[B]n3c2ccc3[N+]2=NC(CO)=C2)cc1. The fraction of sp³-hybridized carbons (Fsp3) is 0.148. The molecule has 1 radical (unpaired) electrons. The van der Waals surface area contributed by atoms with Gasteiger partial charge in [-0.3, -0.25) is 4.58 Å². The van der Waals surface area contributed by atoms with Crippen LogP contribution in [0.4, 0.5) is 11.5 Å². The Hall–Kier alpha value is -4.17. The molecule has 7 rings (SSSR count). The maximum Gasteiger partial charge on any atom is 0.701 e. The van der Waals surface area contributed by atoms with E-state index in [-0.39, 0.29) is 6.61 Å². The van der Waals surface area contributed by atoms with Gasteiger partial charge in [0, 0.05) is 24.3 Å². The molecule has 169 valence electrons. The number of anilines is 1. The Balaban J connectivity index is 1.36. The maximum absolute atomic E-state index is 9.38. The second-order valence-electron chi connectivity index (χ2n) is 9.17. The fourth-order valence-corrected chi connectivity index (χ4v) is 5.32. The molecule has 0 saturated carbocycles. The minimum absolute atomic E-state index is 0.0566. The van der Waals surface area contributed by atoms with Crippen LogP contribution in [0.15, 0.2) is 95.5 Å². The topological polar surface area (TPSA) is 72.8 Å². The van der Waals surface area contributed by atoms with Crippen LogP contribution in [0.3, 0.4) is 0 Å². The number of rotatable bonds is 3. The summed E-state index contributed by atoms with van der Waals surface area (Å²) in [4.78, 5) is 2.28. The van der Waals surface area contributed by atoms with Gasteiger partial charge >= 0.3 is 7.55 Å². The lowest BCUT2D eigenvalue weighted by molar-refractivity contribution is -0.550. The van der Waals surface area contributed by atoms with Crippen molar-refractivity contribution in [3.05, 3.63) is 113 Å². The van der Waals surface area contributed by atoms with Crippen molar-refractivity contribution >= 4 is 30.5 Å². The molecule has 0 amide bonds. The van der Waals surface area contributed by atoms with Crippen LogP contribution in [0.1, 0.15) is 22.4 Å². The van der Waals surface area contributed by atoms with E-state index in [0.29, 0.717) is 5.70 Å². The third kappa shape index (κ3) is 3.14. The van der Waals surface area contributed by atoms with Gasteiger partial charge in [0.1, 0.15) is 24.1 Å². The Kier molecular flexibility index (Phi) is 4.44. The maximum atomic E-state index is 9.38. The number of hydrogen-bond donors (Lipinski definition) is 2. The third-order valence-electron chi connectivity index (χ3n) is 7.09. The van der Waals surface area contributed by atoms with Gasteiger partial charge in [-0.15, -0.1) is 4.70 Å². The van der Waals surface area contributed by atoms with Crippen molar-refractivity contribution in [1.29, 1.82) is 0 Å². The summed E-state index contributed by atoms with van der Waals surface area (Å²) >= 11 is 0. The van der Waals surface area contributed by atoms with Crippen LogP contribution >= 0.6 is 0 Å². The summed E-state index contributed by atoms with van der Waals surface area (Å²) < 4.78 is 6.45. The van der Waals surface area contributed by atoms with E-state index in [4.69, 9.17) is 5.73 Å². The van der Waals surface area contributed by atoms with Gasteiger partial charge in [-0.1, -0.05) is 41.5 Å². The summed E-state index contributed by atoms with van der Waals surface area (Å²) in [6.45, 7) is 1.81. The van der Waals surface area contributed by atoms with Crippen molar-refractivity contribution < 1.29 is 14.4 Å². The van der Waals surface area contributed by atoms with Gasteiger partial charge < -0.3 is 10.8 Å². The Morgan fingerprint density at radius 3 is 2.60 bits per heavy atom. The molecule has 4 aliphatic rings. The summed E-state index contributed by atoms with van der Waals surface area (Å²) in [5.41, 5.74) is 14.7. The molecule has 8 heteroatoms. The fourth-order valence-electron chi connectivity index (χ4n) is 5.32. The van der Waals surface area contributed by atoms with Crippen LogP contribution in [-0.2, 0) is 13.0 Å². The number of amidine groups is 1. The van der Waals surface area contributed by atoms with Gasteiger partial charge in [0.25, 0.3) is 11.7 Å². The summed E-state index contributed by atoms with van der Waals surface area (Å²) in [6.07, 6.45) is 7.34. The lowest BCUT2D eigenvalue weighted by atomic mass is 9.91. The summed E-state index contributed by atoms with van der Waals surface area (Å²) in [5, 5.41) is 13.8. The molecule has 2 aromatic carbocycles. The molecule has 4 aliphatic heterocycles. The number of azo groups is 2. The van der Waals surface area contributed by atoms with Gasteiger partial charge in [0.15, 0.2) is 5.70 Å². The molecule has 0 spiro atoms. The lowest BCUT2D eigenvalue weighted by Gasteiger charge is -2.25. The van der Waals surface area contributed by atoms with Gasteiger partial charge in [-0.2, -0.15) is 0 Å². The molecule has 0 aliphatic carbocycles. The molecule has 3 aromatic rings. The van der Waals surface area contributed by atoms with Crippen LogP contribution in [0, 0.1) is 0 Å². The first-order chi connectivity index (χ1) is 17.2. The quantitative estimate of drug-likeness (QED) is 0.359. The van der Waals surface area contributed by atoms with E-state index in [2.05, 4.69) is 87.2 Å². The van der Waals surface area contributed by atoms with Crippen LogP contribution in [-0.4, -0.2) is 50.2 Å². The number of fused-ring (bicyclic) bond motifs is 3. The van der Waals surface area contributed by atoms with Crippen molar-refractivity contribution in [3.63, 3.8) is 0 Å². The number of nitrogens with two attached hydrogens (primary N) is 1. The summed E-state index contributed by atoms with van der Waals surface area (Å²) in [7, 11) is 2.15. The van der Waals surface area contributed by atoms with Crippen LogP contribution in [0.5, 0.6) is 0 Å². The molecular formula is C27H24BN6O+2. The second kappa shape index (κ2) is 7.68. The number of aromatic nitrogens is 1. The highest BCUT2D eigenvalue weighted by molar-refractivity contribution is 6.41. The average molecular weight is 459 g/mol. The van der Waals surface area contributed by atoms with Crippen molar-refractivity contribution in [2.45, 2.75) is 13.0 Å². The first kappa shape index (κ1) is 20.2. The molecule has 0 unspecified atom stereocenters. The van der Waals surface area contributed by atoms with Crippen molar-refractivity contribution in [2.24, 2.45) is 5.11 Å². The Morgan fingerprint density at radius 2 is 1.80 bits per heavy atom. The molecule has 1 aromatic heterocycles. The molecule has 0 fully saturated rings. The number of nitrogens with zero attached hydrogens (tertiary/aromatic N) is 5. The molecular weight excluding hydrogens is 435 g/mol. The molecule has 0 atom stereocenters. The van der Waals surface area contributed by atoms with E-state index >= 15 is 0 Å². The van der Waals surface area contributed by atoms with E-state index in [1.54, 1.807) is 0 Å². The minimum Gasteiger partial charge on any atom is -0.399 e. The predicted octanol–water partition coefficient (Wildman–Crippen LogP) is 3.21. The van der Waals surface area contributed by atoms with E-state index in [9.17, 15) is 5.11 Å². The molecule has 5 heterocycles. The highest BCUT2D eigenvalue weighted by Gasteiger charge is 2.45. The van der Waals surface area contributed by atoms with Crippen molar-refractivity contribution in [3.8, 4) is 0 Å². The van der Waals surface area contributed by atoms with Gasteiger partial charge in [0.05, 0.1) is 18.7 Å². The molecule has 0 bridgehead atoms. The van der Waals surface area contributed by atoms with Crippen molar-refractivity contribution in [1.82, 2.24) is 9.29 Å². The Labute approximate surface area is 204 Å². The van der Waals surface area contributed by atoms with E-state index in [0.717, 1.165) is 53.5 Å². The first-order valence-corrected chi connectivity index (χ1v) is 11.8.